The Bertz CT molecular complexity index is 243. The van der Waals surface area contributed by atoms with Gasteiger partial charge in [0, 0.05) is 19.3 Å². The Morgan fingerprint density at radius 3 is 2.73 bits per heavy atom. The fraction of sp³-hybridized carbons (Fsp3) is 0.769. The molecule has 84 valence electrons. The number of carbonyl (C=O) groups excluding carboxylic acids is 1. The molecule has 1 aliphatic rings. The summed E-state index contributed by atoms with van der Waals surface area (Å²) in [5.41, 5.74) is 0. The molecule has 2 heteroatoms. The Labute approximate surface area is 92.8 Å². The van der Waals surface area contributed by atoms with Gasteiger partial charge in [-0.25, -0.2) is 0 Å². The van der Waals surface area contributed by atoms with E-state index in [2.05, 4.69) is 17.2 Å². The minimum Gasteiger partial charge on any atom is -0.317 e. The van der Waals surface area contributed by atoms with Crippen molar-refractivity contribution < 1.29 is 4.79 Å². The average molecular weight is 207 g/mol. The minimum absolute atomic E-state index is 0.385. The quantitative estimate of drug-likeness (QED) is 0.700. The van der Waals surface area contributed by atoms with Crippen LogP contribution in [0.1, 0.15) is 45.4 Å². The number of hydrogen-bond donors (Lipinski definition) is 1. The summed E-state index contributed by atoms with van der Waals surface area (Å²) in [6.07, 6.45) is 5.70. The fourth-order valence-corrected chi connectivity index (χ4v) is 1.99. The Morgan fingerprint density at radius 2 is 2.07 bits per heavy atom. The molecule has 0 radical (unpaired) electrons. The van der Waals surface area contributed by atoms with Crippen molar-refractivity contribution >= 4 is 5.78 Å². The molecule has 15 heavy (non-hydrogen) atoms. The lowest BCUT2D eigenvalue weighted by Gasteiger charge is -2.21. The van der Waals surface area contributed by atoms with Gasteiger partial charge in [-0.3, -0.25) is 4.79 Å². The molecule has 1 saturated heterocycles. The zero-order valence-electron chi connectivity index (χ0n) is 9.64. The largest absolute Gasteiger partial charge is 0.317 e. The lowest BCUT2D eigenvalue weighted by atomic mass is 9.92. The van der Waals surface area contributed by atoms with Gasteiger partial charge in [0.1, 0.15) is 5.78 Å². The normalized spacial score (nSPS) is 16.9. The molecule has 0 aromatic heterocycles. The van der Waals surface area contributed by atoms with E-state index in [0.717, 1.165) is 38.3 Å². The molecule has 0 bridgehead atoms. The van der Waals surface area contributed by atoms with Crippen LogP contribution < -0.4 is 5.32 Å². The smallest absolute Gasteiger partial charge is 0.133 e. The van der Waals surface area contributed by atoms with Crippen LogP contribution in [0.3, 0.4) is 0 Å². The van der Waals surface area contributed by atoms with Gasteiger partial charge in [0.2, 0.25) is 0 Å². The molecule has 0 spiro atoms. The second kappa shape index (κ2) is 7.48. The predicted molar refractivity (Wildman–Crippen MR) is 62.5 cm³/mol. The number of Topliss-reactive ketones (excluding diaryl/α,β-unsaturated/α-hetero) is 1. The summed E-state index contributed by atoms with van der Waals surface area (Å²) in [7, 11) is 0. The van der Waals surface area contributed by atoms with Crippen molar-refractivity contribution in [3.05, 3.63) is 0 Å². The first-order chi connectivity index (χ1) is 7.33. The van der Waals surface area contributed by atoms with Crippen LogP contribution in [0.25, 0.3) is 0 Å². The van der Waals surface area contributed by atoms with Crippen LogP contribution in [0, 0.1) is 17.8 Å². The van der Waals surface area contributed by atoms with Crippen LogP contribution >= 0.6 is 0 Å². The second-order valence-corrected chi connectivity index (χ2v) is 4.20. The van der Waals surface area contributed by atoms with Gasteiger partial charge in [-0.15, -0.1) is 11.8 Å². The van der Waals surface area contributed by atoms with Gasteiger partial charge in [-0.05, 0) is 45.2 Å². The number of ketones is 1. The summed E-state index contributed by atoms with van der Waals surface area (Å²) in [6, 6.07) is 0. The molecule has 0 saturated carbocycles. The van der Waals surface area contributed by atoms with E-state index in [1.807, 2.05) is 6.92 Å². The Hall–Kier alpha value is -0.810. The van der Waals surface area contributed by atoms with Gasteiger partial charge < -0.3 is 5.32 Å². The van der Waals surface area contributed by atoms with Crippen molar-refractivity contribution in [2.45, 2.75) is 45.4 Å². The van der Waals surface area contributed by atoms with Crippen molar-refractivity contribution in [2.24, 2.45) is 5.92 Å². The summed E-state index contributed by atoms with van der Waals surface area (Å²) in [5.74, 6) is 6.91. The molecule has 1 N–H and O–H groups in total. The molecule has 2 nitrogen and oxygen atoms in total. The summed E-state index contributed by atoms with van der Waals surface area (Å²) >= 11 is 0. The standard InChI is InChI=1S/C13H21NO/c1-2-3-4-5-13(15)7-6-12-8-10-14-11-9-12/h12,14H,4-11H2,1H3. The third-order valence-corrected chi connectivity index (χ3v) is 3.00. The third kappa shape index (κ3) is 5.59. The van der Waals surface area contributed by atoms with E-state index in [1.165, 1.54) is 12.8 Å². The van der Waals surface area contributed by atoms with Gasteiger partial charge in [0.05, 0.1) is 0 Å². The van der Waals surface area contributed by atoms with E-state index in [9.17, 15) is 4.79 Å². The van der Waals surface area contributed by atoms with E-state index in [-0.39, 0.29) is 0 Å². The highest BCUT2D eigenvalue weighted by molar-refractivity contribution is 5.78. The molecule has 1 fully saturated rings. The summed E-state index contributed by atoms with van der Waals surface area (Å²) in [4.78, 5) is 11.5. The van der Waals surface area contributed by atoms with E-state index >= 15 is 0 Å². The van der Waals surface area contributed by atoms with Gasteiger partial charge in [-0.1, -0.05) is 0 Å². The number of hydrogen-bond acceptors (Lipinski definition) is 2. The maximum atomic E-state index is 11.5. The van der Waals surface area contributed by atoms with Crippen molar-refractivity contribution in [2.75, 3.05) is 13.1 Å². The average Bonchev–Trinajstić information content (AvgIpc) is 2.28. The van der Waals surface area contributed by atoms with Crippen molar-refractivity contribution in [1.82, 2.24) is 5.32 Å². The predicted octanol–water partition coefficient (Wildman–Crippen LogP) is 2.14. The van der Waals surface area contributed by atoms with E-state index in [4.69, 9.17) is 0 Å². The first-order valence-electron chi connectivity index (χ1n) is 5.95. The van der Waals surface area contributed by atoms with Crippen LogP contribution in [-0.4, -0.2) is 18.9 Å². The topological polar surface area (TPSA) is 29.1 Å². The SMILES string of the molecule is CC#CCCC(=O)CCC1CCNCC1. The molecule has 1 rings (SSSR count). The number of piperidine rings is 1. The van der Waals surface area contributed by atoms with Gasteiger partial charge in [0.15, 0.2) is 0 Å². The summed E-state index contributed by atoms with van der Waals surface area (Å²) < 4.78 is 0. The highest BCUT2D eigenvalue weighted by Gasteiger charge is 2.13. The number of nitrogens with one attached hydrogen (secondary N) is 1. The molecule has 0 aromatic rings. The highest BCUT2D eigenvalue weighted by atomic mass is 16.1. The zero-order valence-corrected chi connectivity index (χ0v) is 9.64. The molecular formula is C13H21NO. The van der Waals surface area contributed by atoms with Crippen molar-refractivity contribution in [1.29, 1.82) is 0 Å². The molecule has 0 aliphatic carbocycles. The Morgan fingerprint density at radius 1 is 1.33 bits per heavy atom. The van der Waals surface area contributed by atoms with Gasteiger partial charge >= 0.3 is 0 Å². The monoisotopic (exact) mass is 207 g/mol. The third-order valence-electron chi connectivity index (χ3n) is 3.00. The van der Waals surface area contributed by atoms with Gasteiger partial charge in [-0.2, -0.15) is 0 Å². The zero-order chi connectivity index (χ0) is 10.9. The van der Waals surface area contributed by atoms with E-state index in [1.54, 1.807) is 0 Å². The maximum absolute atomic E-state index is 11.5. The molecule has 0 aromatic carbocycles. The first kappa shape index (κ1) is 12.3. The van der Waals surface area contributed by atoms with Crippen molar-refractivity contribution in [3.63, 3.8) is 0 Å². The lowest BCUT2D eigenvalue weighted by molar-refractivity contribution is -0.119. The van der Waals surface area contributed by atoms with Gasteiger partial charge in [0.25, 0.3) is 0 Å². The minimum atomic E-state index is 0.385. The fourth-order valence-electron chi connectivity index (χ4n) is 1.99. The molecule has 0 amide bonds. The summed E-state index contributed by atoms with van der Waals surface area (Å²) in [6.45, 7) is 4.07. The van der Waals surface area contributed by atoms with Crippen LogP contribution in [-0.2, 0) is 4.79 Å². The highest BCUT2D eigenvalue weighted by Crippen LogP contribution is 2.18. The molecule has 1 aliphatic heterocycles. The van der Waals surface area contributed by atoms with E-state index < -0.39 is 0 Å². The van der Waals surface area contributed by atoms with Crippen molar-refractivity contribution in [3.8, 4) is 11.8 Å². The lowest BCUT2D eigenvalue weighted by Crippen LogP contribution is -2.27. The molecule has 0 atom stereocenters. The maximum Gasteiger partial charge on any atom is 0.133 e. The van der Waals surface area contributed by atoms with E-state index in [0.29, 0.717) is 12.2 Å². The first-order valence-corrected chi connectivity index (χ1v) is 5.95. The van der Waals surface area contributed by atoms with Crippen LogP contribution in [0.4, 0.5) is 0 Å². The second-order valence-electron chi connectivity index (χ2n) is 4.20. The molecular weight excluding hydrogens is 186 g/mol. The molecule has 0 unspecified atom stereocenters. The Kier molecular flexibility index (Phi) is 6.11. The Balaban J connectivity index is 2.06. The van der Waals surface area contributed by atoms with Crippen LogP contribution in [0.15, 0.2) is 0 Å². The number of rotatable bonds is 5. The number of carbonyl (C=O) groups is 1. The molecule has 1 heterocycles. The van der Waals surface area contributed by atoms with Crippen LogP contribution in [0.5, 0.6) is 0 Å². The summed E-state index contributed by atoms with van der Waals surface area (Å²) in [5, 5.41) is 3.34. The van der Waals surface area contributed by atoms with Crippen LogP contribution in [0.2, 0.25) is 0 Å².